The van der Waals surface area contributed by atoms with Crippen molar-refractivity contribution in [3.63, 3.8) is 0 Å². The molecule has 6 nitrogen and oxygen atoms in total. The number of nitrogens with zero attached hydrogens (tertiary/aromatic N) is 1. The van der Waals surface area contributed by atoms with Crippen LogP contribution < -0.4 is 15.6 Å². The molecule has 2 heterocycles. The van der Waals surface area contributed by atoms with Gasteiger partial charge in [0.15, 0.2) is 0 Å². The van der Waals surface area contributed by atoms with Crippen LogP contribution in [0.5, 0.6) is 5.75 Å². The van der Waals surface area contributed by atoms with Crippen LogP contribution in [0.4, 0.5) is 5.69 Å². The van der Waals surface area contributed by atoms with E-state index in [1.165, 1.54) is 0 Å². The first-order valence-electron chi connectivity index (χ1n) is 10.8. The number of anilines is 1. The van der Waals surface area contributed by atoms with E-state index in [0.29, 0.717) is 36.4 Å². The van der Waals surface area contributed by atoms with Gasteiger partial charge >= 0.3 is 0 Å². The molecule has 1 saturated heterocycles. The van der Waals surface area contributed by atoms with E-state index < -0.39 is 0 Å². The summed E-state index contributed by atoms with van der Waals surface area (Å²) >= 11 is 0. The van der Waals surface area contributed by atoms with Gasteiger partial charge in [0.2, 0.25) is 5.91 Å². The van der Waals surface area contributed by atoms with Gasteiger partial charge in [-0.3, -0.25) is 9.59 Å². The molecule has 1 amide bonds. The van der Waals surface area contributed by atoms with Crippen molar-refractivity contribution in [2.45, 2.75) is 32.2 Å². The van der Waals surface area contributed by atoms with Gasteiger partial charge in [0.25, 0.3) is 5.56 Å². The summed E-state index contributed by atoms with van der Waals surface area (Å²) in [5, 5.41) is 4.38. The molecule has 1 N–H and O–H groups in total. The molecule has 0 radical (unpaired) electrons. The van der Waals surface area contributed by atoms with Crippen molar-refractivity contribution in [3.8, 4) is 5.75 Å². The lowest BCUT2D eigenvalue weighted by Gasteiger charge is -2.23. The van der Waals surface area contributed by atoms with Crippen LogP contribution in [0.1, 0.15) is 24.8 Å². The van der Waals surface area contributed by atoms with Crippen LogP contribution in [-0.2, 0) is 22.5 Å². The first kappa shape index (κ1) is 21.1. The van der Waals surface area contributed by atoms with E-state index >= 15 is 0 Å². The van der Waals surface area contributed by atoms with Crippen molar-refractivity contribution >= 4 is 22.4 Å². The highest BCUT2D eigenvalue weighted by molar-refractivity contribution is 6.01. The number of carbonyl (C=O) groups excluding carboxylic acids is 1. The minimum absolute atomic E-state index is 0.0154. The zero-order valence-electron chi connectivity index (χ0n) is 17.8. The summed E-state index contributed by atoms with van der Waals surface area (Å²) in [5.41, 5.74) is 1.73. The monoisotopic (exact) mass is 420 g/mol. The van der Waals surface area contributed by atoms with Crippen molar-refractivity contribution in [3.05, 3.63) is 70.6 Å². The second-order valence-corrected chi connectivity index (χ2v) is 7.99. The second-order valence-electron chi connectivity index (χ2n) is 7.99. The molecule has 1 aliphatic rings. The highest BCUT2D eigenvalue weighted by atomic mass is 16.5. The molecule has 0 atom stereocenters. The van der Waals surface area contributed by atoms with Gasteiger partial charge in [0.05, 0.1) is 7.11 Å². The lowest BCUT2D eigenvalue weighted by atomic mass is 10.00. The molecular formula is C25H28N2O4. The summed E-state index contributed by atoms with van der Waals surface area (Å²) in [4.78, 5) is 25.5. The van der Waals surface area contributed by atoms with Gasteiger partial charge in [-0.1, -0.05) is 18.2 Å². The Kier molecular flexibility index (Phi) is 6.67. The summed E-state index contributed by atoms with van der Waals surface area (Å²) in [7, 11) is 1.63. The van der Waals surface area contributed by atoms with Crippen LogP contribution in [0.25, 0.3) is 10.8 Å². The van der Waals surface area contributed by atoms with Crippen LogP contribution >= 0.6 is 0 Å². The third-order valence-corrected chi connectivity index (χ3v) is 5.89. The first-order valence-corrected chi connectivity index (χ1v) is 10.8. The number of fused-ring (bicyclic) bond motifs is 1. The number of pyridine rings is 1. The van der Waals surface area contributed by atoms with Crippen LogP contribution in [0.15, 0.2) is 59.5 Å². The van der Waals surface area contributed by atoms with Crippen molar-refractivity contribution < 1.29 is 14.3 Å². The zero-order chi connectivity index (χ0) is 21.6. The number of carbonyl (C=O) groups is 1. The van der Waals surface area contributed by atoms with Crippen molar-refractivity contribution in [1.82, 2.24) is 4.57 Å². The van der Waals surface area contributed by atoms with Gasteiger partial charge in [0, 0.05) is 48.8 Å². The number of amides is 1. The van der Waals surface area contributed by atoms with E-state index in [0.717, 1.165) is 42.8 Å². The minimum atomic E-state index is -0.0743. The molecule has 0 bridgehead atoms. The second kappa shape index (κ2) is 9.79. The Labute approximate surface area is 181 Å². The number of aromatic nitrogens is 1. The highest BCUT2D eigenvalue weighted by Crippen LogP contribution is 2.22. The van der Waals surface area contributed by atoms with Gasteiger partial charge in [-0.25, -0.2) is 0 Å². The molecule has 0 spiro atoms. The molecule has 0 aliphatic carbocycles. The lowest BCUT2D eigenvalue weighted by molar-refractivity contribution is -0.116. The average molecular weight is 421 g/mol. The van der Waals surface area contributed by atoms with Crippen molar-refractivity contribution in [2.75, 3.05) is 25.6 Å². The Bertz CT molecular complexity index is 1100. The third-order valence-electron chi connectivity index (χ3n) is 5.89. The molecule has 0 unspecified atom stereocenters. The van der Waals surface area contributed by atoms with E-state index in [1.54, 1.807) is 11.7 Å². The summed E-state index contributed by atoms with van der Waals surface area (Å²) in [6.07, 6.45) is 4.80. The Hall–Kier alpha value is -3.12. The van der Waals surface area contributed by atoms with E-state index in [2.05, 4.69) is 5.32 Å². The fraction of sp³-hybridized carbons (Fsp3) is 0.360. The Morgan fingerprint density at radius 1 is 1.10 bits per heavy atom. The number of nitrogens with one attached hydrogen (secondary N) is 1. The first-order chi connectivity index (χ1) is 15.1. The number of methoxy groups -OCH3 is 1. The average Bonchev–Trinajstić information content (AvgIpc) is 2.81. The highest BCUT2D eigenvalue weighted by Gasteiger charge is 2.16. The molecule has 1 aromatic heterocycles. The van der Waals surface area contributed by atoms with E-state index in [9.17, 15) is 9.59 Å². The normalized spacial score (nSPS) is 14.5. The van der Waals surface area contributed by atoms with Gasteiger partial charge in [-0.05, 0) is 61.1 Å². The summed E-state index contributed by atoms with van der Waals surface area (Å²) < 4.78 is 12.4. The number of benzene rings is 2. The Morgan fingerprint density at radius 2 is 1.87 bits per heavy atom. The predicted octanol–water partition coefficient (Wildman–Crippen LogP) is 4.01. The molecular weight excluding hydrogens is 392 g/mol. The maximum Gasteiger partial charge on any atom is 0.258 e. The van der Waals surface area contributed by atoms with Gasteiger partial charge in [0.1, 0.15) is 5.75 Å². The Morgan fingerprint density at radius 3 is 2.61 bits per heavy atom. The van der Waals surface area contributed by atoms with Crippen molar-refractivity contribution in [2.24, 2.45) is 5.92 Å². The molecule has 162 valence electrons. The van der Waals surface area contributed by atoms with Crippen molar-refractivity contribution in [1.29, 1.82) is 0 Å². The number of rotatable bonds is 7. The standard InChI is InChI=1S/C25H28N2O4/c1-30-20-8-5-18(6-9-20)7-10-24(28)26-23-4-2-3-22-21(23)11-14-27(25(22)29)17-19-12-15-31-16-13-19/h2-6,8-9,11,14,19H,7,10,12-13,15-17H2,1H3,(H,26,28). The number of hydrogen-bond donors (Lipinski definition) is 1. The van der Waals surface area contributed by atoms with E-state index in [-0.39, 0.29) is 11.5 Å². The van der Waals surface area contributed by atoms with Gasteiger partial charge in [-0.2, -0.15) is 0 Å². The molecule has 1 fully saturated rings. The van der Waals surface area contributed by atoms with E-state index in [1.807, 2.05) is 54.7 Å². The maximum atomic E-state index is 13.0. The number of aryl methyl sites for hydroxylation is 1. The lowest BCUT2D eigenvalue weighted by Crippen LogP contribution is -2.27. The van der Waals surface area contributed by atoms with Crippen LogP contribution in [-0.4, -0.2) is 30.8 Å². The molecule has 1 aliphatic heterocycles. The molecule has 0 saturated carbocycles. The minimum Gasteiger partial charge on any atom is -0.497 e. The fourth-order valence-corrected chi connectivity index (χ4v) is 4.04. The van der Waals surface area contributed by atoms with Crippen LogP contribution in [0, 0.1) is 5.92 Å². The van der Waals surface area contributed by atoms with E-state index in [4.69, 9.17) is 9.47 Å². The zero-order valence-corrected chi connectivity index (χ0v) is 17.8. The maximum absolute atomic E-state index is 13.0. The molecule has 6 heteroatoms. The third kappa shape index (κ3) is 5.14. The SMILES string of the molecule is COc1ccc(CCC(=O)Nc2cccc3c(=O)n(CC4CCOCC4)ccc23)cc1. The number of ether oxygens (including phenoxy) is 2. The molecule has 31 heavy (non-hydrogen) atoms. The topological polar surface area (TPSA) is 69.6 Å². The van der Waals surface area contributed by atoms with Gasteiger partial charge in [-0.15, -0.1) is 0 Å². The molecule has 3 aromatic rings. The fourth-order valence-electron chi connectivity index (χ4n) is 4.04. The molecule has 2 aromatic carbocycles. The quantitative estimate of drug-likeness (QED) is 0.627. The summed E-state index contributed by atoms with van der Waals surface area (Å²) in [6, 6.07) is 15.1. The number of hydrogen-bond acceptors (Lipinski definition) is 4. The summed E-state index contributed by atoms with van der Waals surface area (Å²) in [5.74, 6) is 1.19. The Balaban J connectivity index is 1.45. The smallest absolute Gasteiger partial charge is 0.258 e. The van der Waals surface area contributed by atoms with Crippen LogP contribution in [0.3, 0.4) is 0 Å². The largest absolute Gasteiger partial charge is 0.497 e. The predicted molar refractivity (Wildman–Crippen MR) is 122 cm³/mol. The van der Waals surface area contributed by atoms with Crippen LogP contribution in [0.2, 0.25) is 0 Å². The summed E-state index contributed by atoms with van der Waals surface area (Å²) in [6.45, 7) is 2.23. The molecule has 4 rings (SSSR count). The van der Waals surface area contributed by atoms with Gasteiger partial charge < -0.3 is 19.4 Å².